The van der Waals surface area contributed by atoms with E-state index < -0.39 is 17.7 Å². The number of halogens is 2. The first-order chi connectivity index (χ1) is 6.65. The lowest BCUT2D eigenvalue weighted by molar-refractivity contribution is 0.252. The minimum atomic E-state index is -1.06. The van der Waals surface area contributed by atoms with Gasteiger partial charge in [-0.25, -0.2) is 13.6 Å². The predicted molar refractivity (Wildman–Crippen MR) is 49.1 cm³/mol. The van der Waals surface area contributed by atoms with Crippen molar-refractivity contribution in [3.63, 3.8) is 0 Å². The highest BCUT2D eigenvalue weighted by molar-refractivity contribution is 5.89. The van der Waals surface area contributed by atoms with Gasteiger partial charge in [0.25, 0.3) is 0 Å². The van der Waals surface area contributed by atoms with E-state index in [1.54, 1.807) is 6.92 Å². The highest BCUT2D eigenvalue weighted by atomic mass is 19.2. The number of hydrogen-bond acceptors (Lipinski definition) is 1. The first kappa shape index (κ1) is 10.4. The Kier molecular flexibility index (Phi) is 3.39. The van der Waals surface area contributed by atoms with Crippen molar-refractivity contribution in [2.75, 3.05) is 11.9 Å². The molecule has 2 N–H and O–H groups in total. The number of benzene rings is 1. The van der Waals surface area contributed by atoms with Crippen molar-refractivity contribution in [1.82, 2.24) is 5.32 Å². The van der Waals surface area contributed by atoms with Gasteiger partial charge in [-0.15, -0.1) is 0 Å². The van der Waals surface area contributed by atoms with Gasteiger partial charge in [0, 0.05) is 6.54 Å². The number of carbonyl (C=O) groups is 1. The second-order valence-corrected chi connectivity index (χ2v) is 2.59. The summed E-state index contributed by atoms with van der Waals surface area (Å²) >= 11 is 0. The summed E-state index contributed by atoms with van der Waals surface area (Å²) < 4.78 is 25.7. The smallest absolute Gasteiger partial charge is 0.319 e. The molecule has 1 aromatic carbocycles. The van der Waals surface area contributed by atoms with Crippen molar-refractivity contribution in [3.8, 4) is 0 Å². The topological polar surface area (TPSA) is 41.1 Å². The third-order valence-corrected chi connectivity index (χ3v) is 1.54. The van der Waals surface area contributed by atoms with E-state index in [4.69, 9.17) is 0 Å². The van der Waals surface area contributed by atoms with Crippen LogP contribution in [0.25, 0.3) is 0 Å². The lowest BCUT2D eigenvalue weighted by Crippen LogP contribution is -2.28. The molecule has 14 heavy (non-hydrogen) atoms. The molecule has 0 aliphatic heterocycles. The third kappa shape index (κ3) is 2.42. The van der Waals surface area contributed by atoms with Gasteiger partial charge in [-0.1, -0.05) is 6.07 Å². The van der Waals surface area contributed by atoms with Crippen molar-refractivity contribution in [2.24, 2.45) is 0 Å². The molecule has 3 nitrogen and oxygen atoms in total. The number of urea groups is 1. The first-order valence-electron chi connectivity index (χ1n) is 4.14. The predicted octanol–water partition coefficient (Wildman–Crippen LogP) is 2.11. The van der Waals surface area contributed by atoms with E-state index in [9.17, 15) is 13.6 Å². The standard InChI is InChI=1S/C9H10F2N2O/c1-2-12-9(14)13-7-5-3-4-6(10)8(7)11/h3-5H,2H2,1H3,(H2,12,13,14). The van der Waals surface area contributed by atoms with E-state index in [1.807, 2.05) is 0 Å². The maximum Gasteiger partial charge on any atom is 0.319 e. The first-order valence-corrected chi connectivity index (χ1v) is 4.14. The Hall–Kier alpha value is -1.65. The minimum absolute atomic E-state index is 0.170. The van der Waals surface area contributed by atoms with Crippen molar-refractivity contribution in [1.29, 1.82) is 0 Å². The molecular weight excluding hydrogens is 190 g/mol. The molecule has 76 valence electrons. The van der Waals surface area contributed by atoms with Gasteiger partial charge in [-0.2, -0.15) is 0 Å². The Labute approximate surface area is 80.1 Å². The van der Waals surface area contributed by atoms with Gasteiger partial charge in [-0.3, -0.25) is 0 Å². The molecule has 0 radical (unpaired) electrons. The summed E-state index contributed by atoms with van der Waals surface area (Å²) in [7, 11) is 0. The third-order valence-electron chi connectivity index (χ3n) is 1.54. The molecule has 0 bridgehead atoms. The highest BCUT2D eigenvalue weighted by Gasteiger charge is 2.09. The van der Waals surface area contributed by atoms with Crippen LogP contribution in [-0.4, -0.2) is 12.6 Å². The van der Waals surface area contributed by atoms with Gasteiger partial charge in [0.2, 0.25) is 0 Å². The highest BCUT2D eigenvalue weighted by Crippen LogP contribution is 2.15. The molecule has 0 atom stereocenters. The van der Waals surface area contributed by atoms with Gasteiger partial charge >= 0.3 is 6.03 Å². The van der Waals surface area contributed by atoms with Crippen molar-refractivity contribution < 1.29 is 13.6 Å². The van der Waals surface area contributed by atoms with Crippen LogP contribution < -0.4 is 10.6 Å². The van der Waals surface area contributed by atoms with Crippen molar-refractivity contribution >= 4 is 11.7 Å². The summed E-state index contributed by atoms with van der Waals surface area (Å²) in [5.41, 5.74) is -0.170. The van der Waals surface area contributed by atoms with Crippen LogP contribution in [0.1, 0.15) is 6.92 Å². The van der Waals surface area contributed by atoms with Gasteiger partial charge in [0.1, 0.15) is 0 Å². The number of anilines is 1. The molecule has 0 fully saturated rings. The molecule has 0 aliphatic carbocycles. The Morgan fingerprint density at radius 1 is 1.43 bits per heavy atom. The Morgan fingerprint density at radius 3 is 2.79 bits per heavy atom. The maximum atomic E-state index is 13.0. The molecule has 0 saturated carbocycles. The van der Waals surface area contributed by atoms with Gasteiger partial charge < -0.3 is 10.6 Å². The Morgan fingerprint density at radius 2 is 2.14 bits per heavy atom. The van der Waals surface area contributed by atoms with Crippen LogP contribution in [-0.2, 0) is 0 Å². The average Bonchev–Trinajstić information content (AvgIpc) is 2.13. The summed E-state index contributed by atoms with van der Waals surface area (Å²) in [4.78, 5) is 11.0. The Bertz CT molecular complexity index is 342. The zero-order valence-electron chi connectivity index (χ0n) is 7.60. The minimum Gasteiger partial charge on any atom is -0.338 e. The fraction of sp³-hybridized carbons (Fsp3) is 0.222. The molecule has 0 unspecified atom stereocenters. The maximum absolute atomic E-state index is 13.0. The van der Waals surface area contributed by atoms with Crippen LogP contribution in [0.2, 0.25) is 0 Å². The quantitative estimate of drug-likeness (QED) is 0.754. The van der Waals surface area contributed by atoms with Crippen LogP contribution in [0.4, 0.5) is 19.3 Å². The van der Waals surface area contributed by atoms with E-state index in [0.717, 1.165) is 6.07 Å². The Balaban J connectivity index is 2.76. The molecule has 1 aromatic rings. The second kappa shape index (κ2) is 4.55. The van der Waals surface area contributed by atoms with Crippen molar-refractivity contribution in [3.05, 3.63) is 29.8 Å². The molecule has 0 aliphatic rings. The molecule has 0 saturated heterocycles. The summed E-state index contributed by atoms with van der Waals surface area (Å²) in [5, 5.41) is 4.59. The van der Waals surface area contributed by atoms with Gasteiger partial charge in [0.15, 0.2) is 11.6 Å². The molecule has 0 heterocycles. The van der Waals surface area contributed by atoms with Crippen molar-refractivity contribution in [2.45, 2.75) is 6.92 Å². The largest absolute Gasteiger partial charge is 0.338 e. The van der Waals surface area contributed by atoms with E-state index >= 15 is 0 Å². The molecule has 1 rings (SSSR count). The second-order valence-electron chi connectivity index (χ2n) is 2.59. The van der Waals surface area contributed by atoms with E-state index in [1.165, 1.54) is 12.1 Å². The number of carbonyl (C=O) groups excluding carboxylic acids is 1. The molecule has 0 aromatic heterocycles. The molecule has 5 heteroatoms. The summed E-state index contributed by atoms with van der Waals surface area (Å²) in [6.45, 7) is 2.14. The van der Waals surface area contributed by atoms with Gasteiger partial charge in [0.05, 0.1) is 5.69 Å². The molecule has 0 spiro atoms. The van der Waals surface area contributed by atoms with Gasteiger partial charge in [-0.05, 0) is 19.1 Å². The number of nitrogens with one attached hydrogen (secondary N) is 2. The van der Waals surface area contributed by atoms with Crippen LogP contribution in [0.15, 0.2) is 18.2 Å². The monoisotopic (exact) mass is 200 g/mol. The van der Waals surface area contributed by atoms with E-state index in [-0.39, 0.29) is 5.69 Å². The summed E-state index contributed by atoms with van der Waals surface area (Å²) in [6.07, 6.45) is 0. The SMILES string of the molecule is CCNC(=O)Nc1cccc(F)c1F. The fourth-order valence-electron chi connectivity index (χ4n) is 0.927. The number of rotatable bonds is 2. The van der Waals surface area contributed by atoms with E-state index in [2.05, 4.69) is 10.6 Å². The lowest BCUT2D eigenvalue weighted by Gasteiger charge is -2.06. The fourth-order valence-corrected chi connectivity index (χ4v) is 0.927. The molecule has 2 amide bonds. The number of hydrogen-bond donors (Lipinski definition) is 2. The zero-order chi connectivity index (χ0) is 10.6. The van der Waals surface area contributed by atoms with Crippen LogP contribution >= 0.6 is 0 Å². The summed E-state index contributed by atoms with van der Waals surface area (Å²) in [5.74, 6) is -2.04. The summed E-state index contributed by atoms with van der Waals surface area (Å²) in [6, 6.07) is 3.03. The van der Waals surface area contributed by atoms with Crippen LogP contribution in [0, 0.1) is 11.6 Å². The van der Waals surface area contributed by atoms with Crippen LogP contribution in [0.5, 0.6) is 0 Å². The lowest BCUT2D eigenvalue weighted by atomic mass is 10.3. The number of amides is 2. The zero-order valence-corrected chi connectivity index (χ0v) is 7.60. The average molecular weight is 200 g/mol. The van der Waals surface area contributed by atoms with E-state index in [0.29, 0.717) is 6.54 Å². The normalized spacial score (nSPS) is 9.64. The molecular formula is C9H10F2N2O. The van der Waals surface area contributed by atoms with Crippen LogP contribution in [0.3, 0.4) is 0 Å².